The van der Waals surface area contributed by atoms with E-state index in [0.29, 0.717) is 0 Å². The minimum atomic E-state index is 0.891. The first-order chi connectivity index (χ1) is 6.42. The molecule has 1 N–H and O–H groups in total. The molecule has 1 aromatic heterocycles. The number of benzene rings is 1. The van der Waals surface area contributed by atoms with E-state index >= 15 is 0 Å². The van der Waals surface area contributed by atoms with Crippen LogP contribution >= 0.6 is 0 Å². The average molecular weight is 172 g/mol. The fourth-order valence-corrected chi connectivity index (χ4v) is 1.32. The lowest BCUT2D eigenvalue weighted by atomic mass is 10.1. The van der Waals surface area contributed by atoms with E-state index < -0.39 is 0 Å². The molecule has 0 aliphatic heterocycles. The Bertz CT molecular complexity index is 446. The van der Waals surface area contributed by atoms with Gasteiger partial charge in [-0.1, -0.05) is 23.4 Å². The summed E-state index contributed by atoms with van der Waals surface area (Å²) in [7, 11) is 0. The molecule has 13 heavy (non-hydrogen) atoms. The third kappa shape index (κ3) is 1.36. The Kier molecular flexibility index (Phi) is 1.92. The molecule has 3 heteroatoms. The maximum atomic E-state index is 8.43. The van der Waals surface area contributed by atoms with Crippen LogP contribution in [0.15, 0.2) is 41.8 Å². The molecular weight excluding hydrogens is 164 g/mol. The molecule has 0 atom stereocenters. The molecule has 1 aromatic carbocycles. The zero-order valence-corrected chi connectivity index (χ0v) is 6.88. The summed E-state index contributed by atoms with van der Waals surface area (Å²) < 4.78 is 0. The summed E-state index contributed by atoms with van der Waals surface area (Å²) in [5.41, 5.74) is 0.891. The molecule has 0 fully saturated rings. The quantitative estimate of drug-likeness (QED) is 0.406. The third-order valence-electron chi connectivity index (χ3n) is 1.91. The van der Waals surface area contributed by atoms with Crippen LogP contribution in [0.3, 0.4) is 0 Å². The topological polar surface area (TPSA) is 45.5 Å². The van der Waals surface area contributed by atoms with Crippen molar-refractivity contribution < 1.29 is 5.21 Å². The number of oxime groups is 1. The lowest BCUT2D eigenvalue weighted by Gasteiger charge is -1.98. The van der Waals surface area contributed by atoms with E-state index in [9.17, 15) is 0 Å². The van der Waals surface area contributed by atoms with Gasteiger partial charge in [0.15, 0.2) is 0 Å². The highest BCUT2D eigenvalue weighted by Crippen LogP contribution is 2.15. The van der Waals surface area contributed by atoms with Crippen LogP contribution < -0.4 is 0 Å². The normalized spacial score (nSPS) is 11.1. The van der Waals surface area contributed by atoms with E-state index in [1.807, 2.05) is 24.3 Å². The Morgan fingerprint density at radius 3 is 3.08 bits per heavy atom. The van der Waals surface area contributed by atoms with Crippen LogP contribution in [0.4, 0.5) is 0 Å². The van der Waals surface area contributed by atoms with Gasteiger partial charge in [0.2, 0.25) is 0 Å². The van der Waals surface area contributed by atoms with Crippen molar-refractivity contribution in [3.05, 3.63) is 42.2 Å². The van der Waals surface area contributed by atoms with Crippen LogP contribution in [-0.2, 0) is 0 Å². The monoisotopic (exact) mass is 172 g/mol. The molecule has 0 saturated carbocycles. The molecule has 3 nitrogen and oxygen atoms in total. The first kappa shape index (κ1) is 7.73. The number of nitrogens with zero attached hydrogens (tertiary/aromatic N) is 2. The van der Waals surface area contributed by atoms with Gasteiger partial charge in [0.25, 0.3) is 0 Å². The first-order valence-corrected chi connectivity index (χ1v) is 3.92. The highest BCUT2D eigenvalue weighted by atomic mass is 16.4. The molecule has 1 heterocycles. The van der Waals surface area contributed by atoms with E-state index in [-0.39, 0.29) is 0 Å². The van der Waals surface area contributed by atoms with Gasteiger partial charge in [0.05, 0.1) is 6.21 Å². The van der Waals surface area contributed by atoms with Crippen LogP contribution in [0.25, 0.3) is 10.8 Å². The number of hydrogen-bond acceptors (Lipinski definition) is 3. The minimum Gasteiger partial charge on any atom is -0.411 e. The minimum absolute atomic E-state index is 0.891. The summed E-state index contributed by atoms with van der Waals surface area (Å²) in [5.74, 6) is 0. The smallest absolute Gasteiger partial charge is 0.0740 e. The van der Waals surface area contributed by atoms with Crippen molar-refractivity contribution in [1.29, 1.82) is 0 Å². The van der Waals surface area contributed by atoms with Crippen LogP contribution in [0.5, 0.6) is 0 Å². The Morgan fingerprint density at radius 2 is 2.23 bits per heavy atom. The van der Waals surface area contributed by atoms with E-state index in [4.69, 9.17) is 5.21 Å². The molecule has 0 radical (unpaired) electrons. The Labute approximate surface area is 75.3 Å². The predicted molar refractivity (Wildman–Crippen MR) is 51.1 cm³/mol. The molecule has 2 rings (SSSR count). The van der Waals surface area contributed by atoms with E-state index in [0.717, 1.165) is 16.3 Å². The lowest BCUT2D eigenvalue weighted by molar-refractivity contribution is 0.322. The van der Waals surface area contributed by atoms with E-state index in [1.54, 1.807) is 12.4 Å². The van der Waals surface area contributed by atoms with Gasteiger partial charge in [-0.15, -0.1) is 0 Å². The fraction of sp³-hybridized carbons (Fsp3) is 0. The molecule has 0 bridgehead atoms. The molecule has 2 aromatic rings. The van der Waals surface area contributed by atoms with Gasteiger partial charge >= 0.3 is 0 Å². The largest absolute Gasteiger partial charge is 0.411 e. The summed E-state index contributed by atoms with van der Waals surface area (Å²) in [5, 5.41) is 13.5. The maximum absolute atomic E-state index is 8.43. The maximum Gasteiger partial charge on any atom is 0.0740 e. The number of aromatic nitrogens is 1. The summed E-state index contributed by atoms with van der Waals surface area (Å²) >= 11 is 0. The second-order valence-corrected chi connectivity index (χ2v) is 2.69. The van der Waals surface area contributed by atoms with Crippen LogP contribution in [-0.4, -0.2) is 16.4 Å². The summed E-state index contributed by atoms with van der Waals surface area (Å²) in [6, 6.07) is 7.66. The van der Waals surface area contributed by atoms with Crippen molar-refractivity contribution in [2.45, 2.75) is 0 Å². The van der Waals surface area contributed by atoms with Gasteiger partial charge in [-0.25, -0.2) is 0 Å². The molecule has 64 valence electrons. The van der Waals surface area contributed by atoms with Gasteiger partial charge in [-0.3, -0.25) is 4.98 Å². The van der Waals surface area contributed by atoms with Crippen molar-refractivity contribution in [3.63, 3.8) is 0 Å². The van der Waals surface area contributed by atoms with Crippen molar-refractivity contribution in [1.82, 2.24) is 4.98 Å². The second kappa shape index (κ2) is 3.23. The van der Waals surface area contributed by atoms with Crippen molar-refractivity contribution in [2.24, 2.45) is 5.16 Å². The summed E-state index contributed by atoms with van der Waals surface area (Å²) in [4.78, 5) is 4.01. The summed E-state index contributed by atoms with van der Waals surface area (Å²) in [6.07, 6.45) is 4.92. The van der Waals surface area contributed by atoms with Crippen LogP contribution in [0.2, 0.25) is 0 Å². The molecule has 0 unspecified atom stereocenters. The molecular formula is C10H8N2O. The zero-order valence-electron chi connectivity index (χ0n) is 6.88. The molecule has 0 aliphatic rings. The lowest BCUT2D eigenvalue weighted by Crippen LogP contribution is -1.84. The number of rotatable bonds is 1. The number of fused-ring (bicyclic) bond motifs is 1. The van der Waals surface area contributed by atoms with E-state index in [1.165, 1.54) is 6.21 Å². The molecule has 0 saturated heterocycles. The van der Waals surface area contributed by atoms with Gasteiger partial charge in [-0.05, 0) is 11.5 Å². The molecule has 0 spiro atoms. The second-order valence-electron chi connectivity index (χ2n) is 2.69. The van der Waals surface area contributed by atoms with Crippen molar-refractivity contribution in [3.8, 4) is 0 Å². The van der Waals surface area contributed by atoms with E-state index in [2.05, 4.69) is 10.1 Å². The summed E-state index contributed by atoms with van der Waals surface area (Å²) in [6.45, 7) is 0. The average Bonchev–Trinajstić information content (AvgIpc) is 2.19. The highest BCUT2D eigenvalue weighted by molar-refractivity contribution is 5.99. The standard InChI is InChI=1S/C10H8N2O/c13-12-7-9-3-1-2-8-6-11-5-4-10(8)9/h1-7,13H/b12-7+. The Hall–Kier alpha value is -1.90. The number of hydrogen-bond donors (Lipinski definition) is 1. The fourth-order valence-electron chi connectivity index (χ4n) is 1.32. The Balaban J connectivity index is 2.75. The van der Waals surface area contributed by atoms with Gasteiger partial charge in [-0.2, -0.15) is 0 Å². The van der Waals surface area contributed by atoms with Gasteiger partial charge < -0.3 is 5.21 Å². The van der Waals surface area contributed by atoms with Gasteiger partial charge in [0.1, 0.15) is 0 Å². The molecule has 0 aliphatic carbocycles. The first-order valence-electron chi connectivity index (χ1n) is 3.92. The predicted octanol–water partition coefficient (Wildman–Crippen LogP) is 2.04. The van der Waals surface area contributed by atoms with Crippen molar-refractivity contribution >= 4 is 17.0 Å². The number of pyridine rings is 1. The Morgan fingerprint density at radius 1 is 1.31 bits per heavy atom. The van der Waals surface area contributed by atoms with Gasteiger partial charge in [0, 0.05) is 23.3 Å². The zero-order chi connectivity index (χ0) is 9.10. The van der Waals surface area contributed by atoms with Crippen LogP contribution in [0.1, 0.15) is 5.56 Å². The van der Waals surface area contributed by atoms with Crippen molar-refractivity contribution in [2.75, 3.05) is 0 Å². The highest BCUT2D eigenvalue weighted by Gasteiger charge is 1.96. The van der Waals surface area contributed by atoms with Crippen LogP contribution in [0, 0.1) is 0 Å². The molecule has 0 amide bonds. The third-order valence-corrected chi connectivity index (χ3v) is 1.91. The SMILES string of the molecule is O/N=C/c1cccc2cnccc12.